The van der Waals surface area contributed by atoms with Gasteiger partial charge in [0.25, 0.3) is 0 Å². The van der Waals surface area contributed by atoms with Gasteiger partial charge in [0.15, 0.2) is 17.1 Å². The molecule has 2 heterocycles. The van der Waals surface area contributed by atoms with Crippen LogP contribution in [0.2, 0.25) is 5.15 Å². The smallest absolute Gasteiger partial charge is 0.365 e. The van der Waals surface area contributed by atoms with Crippen molar-refractivity contribution < 1.29 is 17.9 Å². The van der Waals surface area contributed by atoms with Crippen molar-refractivity contribution in [3.05, 3.63) is 17.3 Å². The summed E-state index contributed by atoms with van der Waals surface area (Å²) in [6, 6.07) is 3.02. The van der Waals surface area contributed by atoms with Gasteiger partial charge in [0.2, 0.25) is 0 Å². The van der Waals surface area contributed by atoms with Crippen molar-refractivity contribution >= 4 is 17.4 Å². The highest BCUT2D eigenvalue weighted by molar-refractivity contribution is 6.29. The maximum absolute atomic E-state index is 12.5. The van der Waals surface area contributed by atoms with Crippen LogP contribution in [0.25, 0.3) is 0 Å². The lowest BCUT2D eigenvalue weighted by molar-refractivity contribution is -0.221. The van der Waals surface area contributed by atoms with Crippen LogP contribution in [0.15, 0.2) is 12.1 Å². The molecule has 0 radical (unpaired) electrons. The predicted molar refractivity (Wildman–Crippen MR) is 55.1 cm³/mol. The number of rotatable bonds is 1. The molecule has 0 amide bonds. The monoisotopic (exact) mass is 267 g/mol. The highest BCUT2D eigenvalue weighted by Gasteiger charge is 2.43. The zero-order chi connectivity index (χ0) is 12.5. The van der Waals surface area contributed by atoms with Gasteiger partial charge in [-0.3, -0.25) is 0 Å². The molecule has 1 fully saturated rings. The maximum atomic E-state index is 12.5. The minimum Gasteiger partial charge on any atom is -0.365 e. The fourth-order valence-electron chi connectivity index (χ4n) is 1.53. The van der Waals surface area contributed by atoms with Crippen molar-refractivity contribution in [3.63, 3.8) is 0 Å². The van der Waals surface area contributed by atoms with Crippen LogP contribution < -0.4 is 4.90 Å². The molecular weight excluding hydrogens is 259 g/mol. The Kier molecular flexibility index (Phi) is 3.39. The normalized spacial score (nSPS) is 21.6. The third kappa shape index (κ3) is 2.98. The SMILES string of the molecule is FC(F)(F)[C@@H]1CN(c2ccc(Cl)nn2)CCO1. The number of ether oxygens (including phenoxy) is 1. The van der Waals surface area contributed by atoms with E-state index in [1.807, 2.05) is 0 Å². The largest absolute Gasteiger partial charge is 0.416 e. The molecule has 17 heavy (non-hydrogen) atoms. The lowest BCUT2D eigenvalue weighted by atomic mass is 10.2. The Labute approximate surface area is 100 Å². The van der Waals surface area contributed by atoms with Crippen LogP contribution in [0.4, 0.5) is 19.0 Å². The van der Waals surface area contributed by atoms with Gasteiger partial charge in [-0.2, -0.15) is 13.2 Å². The Bertz CT molecular complexity index is 384. The Morgan fingerprint density at radius 3 is 2.71 bits per heavy atom. The van der Waals surface area contributed by atoms with Crippen molar-refractivity contribution in [1.82, 2.24) is 10.2 Å². The first-order valence-corrected chi connectivity index (χ1v) is 5.27. The number of anilines is 1. The Hall–Kier alpha value is -1.08. The van der Waals surface area contributed by atoms with Gasteiger partial charge in [-0.15, -0.1) is 10.2 Å². The number of alkyl halides is 3. The summed E-state index contributed by atoms with van der Waals surface area (Å²) in [6.07, 6.45) is -6.15. The van der Waals surface area contributed by atoms with E-state index in [1.54, 1.807) is 0 Å². The van der Waals surface area contributed by atoms with E-state index in [4.69, 9.17) is 11.6 Å². The predicted octanol–water partition coefficient (Wildman–Crippen LogP) is 1.90. The number of hydrogen-bond donors (Lipinski definition) is 0. The molecule has 0 aromatic carbocycles. The van der Waals surface area contributed by atoms with Gasteiger partial charge in [-0.25, -0.2) is 0 Å². The van der Waals surface area contributed by atoms with Gasteiger partial charge in [0, 0.05) is 6.54 Å². The van der Waals surface area contributed by atoms with Crippen molar-refractivity contribution in [1.29, 1.82) is 0 Å². The molecule has 2 rings (SSSR count). The highest BCUT2D eigenvalue weighted by Crippen LogP contribution is 2.27. The van der Waals surface area contributed by atoms with Crippen LogP contribution in [0.3, 0.4) is 0 Å². The minimum absolute atomic E-state index is 0.00842. The average molecular weight is 268 g/mol. The molecule has 0 bridgehead atoms. The van der Waals surface area contributed by atoms with Gasteiger partial charge in [-0.1, -0.05) is 11.6 Å². The highest BCUT2D eigenvalue weighted by atomic mass is 35.5. The molecule has 1 aliphatic rings. The zero-order valence-corrected chi connectivity index (χ0v) is 9.37. The summed E-state index contributed by atoms with van der Waals surface area (Å²) in [7, 11) is 0. The second kappa shape index (κ2) is 4.66. The number of aromatic nitrogens is 2. The van der Waals surface area contributed by atoms with E-state index in [9.17, 15) is 13.2 Å². The summed E-state index contributed by atoms with van der Waals surface area (Å²) in [4.78, 5) is 1.48. The van der Waals surface area contributed by atoms with Crippen LogP contribution in [0.1, 0.15) is 0 Å². The second-order valence-corrected chi connectivity index (χ2v) is 3.95. The molecule has 1 aromatic heterocycles. The van der Waals surface area contributed by atoms with Crippen molar-refractivity contribution in [2.45, 2.75) is 12.3 Å². The van der Waals surface area contributed by atoms with Gasteiger partial charge in [-0.05, 0) is 12.1 Å². The number of nitrogens with zero attached hydrogens (tertiary/aromatic N) is 3. The standard InChI is InChI=1S/C9H9ClF3N3O/c10-7-1-2-8(15-14-7)16-3-4-17-6(5-16)9(11,12)13/h1-2,6H,3-5H2/t6-/m0/s1. The molecular formula is C9H9ClF3N3O. The lowest BCUT2D eigenvalue weighted by Crippen LogP contribution is -2.49. The molecule has 0 aliphatic carbocycles. The molecule has 1 saturated heterocycles. The third-order valence-corrected chi connectivity index (χ3v) is 2.58. The first kappa shape index (κ1) is 12.4. The van der Waals surface area contributed by atoms with E-state index in [1.165, 1.54) is 17.0 Å². The Morgan fingerprint density at radius 2 is 2.12 bits per heavy atom. The molecule has 0 spiro atoms. The van der Waals surface area contributed by atoms with Gasteiger partial charge in [0.1, 0.15) is 0 Å². The summed E-state index contributed by atoms with van der Waals surface area (Å²) in [6.45, 7) is 0.0805. The lowest BCUT2D eigenvalue weighted by Gasteiger charge is -2.34. The molecule has 0 unspecified atom stereocenters. The van der Waals surface area contributed by atoms with E-state index in [0.717, 1.165) is 0 Å². The minimum atomic E-state index is -4.36. The summed E-state index contributed by atoms with van der Waals surface area (Å²) in [5.41, 5.74) is 0. The zero-order valence-electron chi connectivity index (χ0n) is 8.62. The summed E-state index contributed by atoms with van der Waals surface area (Å²) < 4.78 is 42.1. The fraction of sp³-hybridized carbons (Fsp3) is 0.556. The van der Waals surface area contributed by atoms with Gasteiger partial charge < -0.3 is 9.64 Å². The van der Waals surface area contributed by atoms with Gasteiger partial charge in [0.05, 0.1) is 13.2 Å². The summed E-state index contributed by atoms with van der Waals surface area (Å²) in [5, 5.41) is 7.54. The summed E-state index contributed by atoms with van der Waals surface area (Å²) in [5.74, 6) is 0.368. The molecule has 0 saturated carbocycles. The van der Waals surface area contributed by atoms with E-state index in [-0.39, 0.29) is 18.3 Å². The van der Waals surface area contributed by atoms with E-state index >= 15 is 0 Å². The number of morpholine rings is 1. The summed E-state index contributed by atoms with van der Waals surface area (Å²) >= 11 is 5.56. The van der Waals surface area contributed by atoms with E-state index in [2.05, 4.69) is 14.9 Å². The Balaban J connectivity index is 2.09. The quantitative estimate of drug-likeness (QED) is 0.779. The number of hydrogen-bond acceptors (Lipinski definition) is 4. The Morgan fingerprint density at radius 1 is 1.35 bits per heavy atom. The molecule has 0 N–H and O–H groups in total. The third-order valence-electron chi connectivity index (χ3n) is 2.37. The van der Waals surface area contributed by atoms with Crippen LogP contribution in [-0.4, -0.2) is 42.2 Å². The molecule has 1 atom stereocenters. The van der Waals surface area contributed by atoms with Crippen molar-refractivity contribution in [3.8, 4) is 0 Å². The van der Waals surface area contributed by atoms with Crippen LogP contribution >= 0.6 is 11.6 Å². The molecule has 1 aliphatic heterocycles. The first-order valence-electron chi connectivity index (χ1n) is 4.89. The fourth-order valence-corrected chi connectivity index (χ4v) is 1.63. The van der Waals surface area contributed by atoms with Crippen molar-refractivity contribution in [2.24, 2.45) is 0 Å². The topological polar surface area (TPSA) is 38.2 Å². The van der Waals surface area contributed by atoms with Crippen LogP contribution in [-0.2, 0) is 4.74 Å². The molecule has 8 heteroatoms. The molecule has 94 valence electrons. The molecule has 4 nitrogen and oxygen atoms in total. The maximum Gasteiger partial charge on any atom is 0.416 e. The first-order chi connectivity index (χ1) is 7.97. The number of halogens is 4. The average Bonchev–Trinajstić information content (AvgIpc) is 2.29. The van der Waals surface area contributed by atoms with E-state index < -0.39 is 12.3 Å². The van der Waals surface area contributed by atoms with E-state index in [0.29, 0.717) is 12.4 Å². The second-order valence-electron chi connectivity index (χ2n) is 3.56. The molecule has 1 aromatic rings. The van der Waals surface area contributed by atoms with Crippen LogP contribution in [0.5, 0.6) is 0 Å². The van der Waals surface area contributed by atoms with Crippen LogP contribution in [0, 0.1) is 0 Å². The van der Waals surface area contributed by atoms with Crippen molar-refractivity contribution in [2.75, 3.05) is 24.6 Å². The van der Waals surface area contributed by atoms with Gasteiger partial charge >= 0.3 is 6.18 Å².